The molecule has 8 nitrogen and oxygen atoms in total. The van der Waals surface area contributed by atoms with Crippen molar-refractivity contribution in [3.63, 3.8) is 0 Å². The fourth-order valence-corrected chi connectivity index (χ4v) is 4.11. The van der Waals surface area contributed by atoms with E-state index >= 15 is 0 Å². The predicted molar refractivity (Wildman–Crippen MR) is 120 cm³/mol. The number of hydrogen-bond donors (Lipinski definition) is 2. The number of carbonyl (C=O) groups is 1. The topological polar surface area (TPSA) is 101 Å². The molecular weight excluding hydrogens is 465 g/mol. The lowest BCUT2D eigenvalue weighted by Crippen LogP contribution is -2.28. The summed E-state index contributed by atoms with van der Waals surface area (Å²) in [6.45, 7) is -0.0310. The Kier molecular flexibility index (Phi) is 5.36. The summed E-state index contributed by atoms with van der Waals surface area (Å²) in [4.78, 5) is 24.4. The van der Waals surface area contributed by atoms with Crippen LogP contribution in [0.15, 0.2) is 49.1 Å². The number of para-hydroxylation sites is 1. The van der Waals surface area contributed by atoms with Gasteiger partial charge in [0.15, 0.2) is 17.6 Å². The summed E-state index contributed by atoms with van der Waals surface area (Å²) in [5.74, 6) is 0.161. The first-order valence-electron chi connectivity index (χ1n) is 10.5. The number of nitrogens with one attached hydrogen (secondary N) is 1. The minimum absolute atomic E-state index is 0.0310. The lowest BCUT2D eigenvalue weighted by atomic mass is 9.94. The number of rotatable bonds is 4. The Balaban J connectivity index is 1.73. The molecule has 1 aromatic carbocycles. The van der Waals surface area contributed by atoms with E-state index in [0.717, 1.165) is 6.20 Å². The van der Waals surface area contributed by atoms with Crippen molar-refractivity contribution < 1.29 is 32.5 Å². The Labute approximate surface area is 196 Å². The Bertz CT molecular complexity index is 1450. The number of aliphatic hydroxyl groups is 1. The maximum Gasteiger partial charge on any atom is 0.417 e. The Hall–Kier alpha value is -4.12. The number of benzene rings is 1. The van der Waals surface area contributed by atoms with Crippen molar-refractivity contribution in [3.05, 3.63) is 60.2 Å². The molecule has 1 amide bonds. The van der Waals surface area contributed by atoms with Crippen molar-refractivity contribution >= 4 is 16.9 Å². The van der Waals surface area contributed by atoms with Crippen LogP contribution >= 0.6 is 0 Å². The van der Waals surface area contributed by atoms with E-state index in [4.69, 9.17) is 9.47 Å². The summed E-state index contributed by atoms with van der Waals surface area (Å²) in [5, 5.41) is 10.2. The van der Waals surface area contributed by atoms with Gasteiger partial charge in [0, 0.05) is 72.1 Å². The third kappa shape index (κ3) is 3.83. The van der Waals surface area contributed by atoms with Gasteiger partial charge in [-0.15, -0.1) is 0 Å². The first-order valence-corrected chi connectivity index (χ1v) is 10.5. The minimum atomic E-state index is -4.77. The third-order valence-electron chi connectivity index (χ3n) is 5.73. The van der Waals surface area contributed by atoms with Gasteiger partial charge in [-0.1, -0.05) is 12.1 Å². The van der Waals surface area contributed by atoms with Crippen LogP contribution in [0, 0.1) is 0 Å². The van der Waals surface area contributed by atoms with E-state index in [2.05, 4.69) is 15.0 Å². The molecule has 180 valence electrons. The number of likely N-dealkylation sites (N-methyl/N-ethyl adjacent to an activating group) is 1. The summed E-state index contributed by atoms with van der Waals surface area (Å²) < 4.78 is 54.6. The maximum atomic E-state index is 14.6. The maximum absolute atomic E-state index is 14.6. The molecule has 0 radical (unpaired) electrons. The SMILES string of the molecule is CN(C)C(=O)C(O)c1cncc(-c2cnc3[nH]cc(-c4cccc5c4OCO5)c3c2C(F)(F)F)c1. The van der Waals surface area contributed by atoms with Crippen LogP contribution in [0.4, 0.5) is 13.2 Å². The number of halogens is 3. The molecule has 35 heavy (non-hydrogen) atoms. The van der Waals surface area contributed by atoms with Crippen molar-refractivity contribution in [2.45, 2.75) is 12.3 Å². The monoisotopic (exact) mass is 484 g/mol. The molecule has 2 N–H and O–H groups in total. The number of carbonyl (C=O) groups excluding carboxylic acids is 1. The number of aromatic amines is 1. The molecule has 0 fully saturated rings. The number of fused-ring (bicyclic) bond motifs is 2. The van der Waals surface area contributed by atoms with Crippen LogP contribution in [0.1, 0.15) is 17.2 Å². The molecule has 0 bridgehead atoms. The summed E-state index contributed by atoms with van der Waals surface area (Å²) >= 11 is 0. The van der Waals surface area contributed by atoms with Crippen LogP contribution in [0.3, 0.4) is 0 Å². The fourth-order valence-electron chi connectivity index (χ4n) is 4.11. The number of aromatic nitrogens is 3. The molecule has 0 spiro atoms. The van der Waals surface area contributed by atoms with Gasteiger partial charge in [0.1, 0.15) is 5.65 Å². The van der Waals surface area contributed by atoms with Gasteiger partial charge in [-0.2, -0.15) is 13.2 Å². The third-order valence-corrected chi connectivity index (χ3v) is 5.73. The van der Waals surface area contributed by atoms with Crippen molar-refractivity contribution in [3.8, 4) is 33.8 Å². The molecular formula is C24H19F3N4O4. The van der Waals surface area contributed by atoms with Gasteiger partial charge in [-0.3, -0.25) is 9.78 Å². The quantitative estimate of drug-likeness (QED) is 0.451. The van der Waals surface area contributed by atoms with E-state index < -0.39 is 23.8 Å². The van der Waals surface area contributed by atoms with E-state index in [9.17, 15) is 23.1 Å². The number of aliphatic hydroxyl groups excluding tert-OH is 1. The lowest BCUT2D eigenvalue weighted by molar-refractivity contribution is -0.138. The number of nitrogens with zero attached hydrogens (tertiary/aromatic N) is 3. The second-order valence-electron chi connectivity index (χ2n) is 8.15. The largest absolute Gasteiger partial charge is 0.454 e. The lowest BCUT2D eigenvalue weighted by Gasteiger charge is -2.18. The molecule has 1 atom stereocenters. The van der Waals surface area contributed by atoms with Gasteiger partial charge in [0.25, 0.3) is 5.91 Å². The molecule has 5 rings (SSSR count). The van der Waals surface area contributed by atoms with E-state index in [1.54, 1.807) is 18.2 Å². The smallest absolute Gasteiger partial charge is 0.417 e. The van der Waals surface area contributed by atoms with Gasteiger partial charge >= 0.3 is 6.18 Å². The average molecular weight is 484 g/mol. The number of H-pyrrole nitrogens is 1. The van der Waals surface area contributed by atoms with Crippen molar-refractivity contribution in [1.29, 1.82) is 0 Å². The number of amides is 1. The first-order chi connectivity index (χ1) is 16.7. The average Bonchev–Trinajstić information content (AvgIpc) is 3.48. The molecule has 0 saturated heterocycles. The number of ether oxygens (including phenoxy) is 2. The molecule has 1 aliphatic rings. The molecule has 11 heteroatoms. The molecule has 1 aliphatic heterocycles. The minimum Gasteiger partial charge on any atom is -0.454 e. The van der Waals surface area contributed by atoms with Crippen molar-refractivity contribution in [1.82, 2.24) is 19.9 Å². The van der Waals surface area contributed by atoms with Crippen LogP contribution in [0.2, 0.25) is 0 Å². The Morgan fingerprint density at radius 1 is 1.14 bits per heavy atom. The zero-order valence-electron chi connectivity index (χ0n) is 18.6. The number of pyridine rings is 2. The highest BCUT2D eigenvalue weighted by atomic mass is 19.4. The van der Waals surface area contributed by atoms with Crippen molar-refractivity contribution in [2.75, 3.05) is 20.9 Å². The van der Waals surface area contributed by atoms with E-state index in [1.165, 1.54) is 43.7 Å². The van der Waals surface area contributed by atoms with Gasteiger partial charge < -0.3 is 24.5 Å². The normalized spacial score (nSPS) is 13.8. The molecule has 4 heterocycles. The highest BCUT2D eigenvalue weighted by molar-refractivity contribution is 6.01. The molecule has 3 aromatic heterocycles. The van der Waals surface area contributed by atoms with E-state index in [0.29, 0.717) is 17.1 Å². The number of hydrogen-bond acceptors (Lipinski definition) is 6. The van der Waals surface area contributed by atoms with Crippen LogP contribution in [0.5, 0.6) is 11.5 Å². The second kappa shape index (κ2) is 8.27. The van der Waals surface area contributed by atoms with Gasteiger partial charge in [-0.05, 0) is 12.1 Å². The highest BCUT2D eigenvalue weighted by Gasteiger charge is 2.38. The highest BCUT2D eigenvalue weighted by Crippen LogP contribution is 2.48. The summed E-state index contributed by atoms with van der Waals surface area (Å²) in [5.41, 5.74) is -0.336. The second-order valence-corrected chi connectivity index (χ2v) is 8.15. The van der Waals surface area contributed by atoms with Crippen LogP contribution in [-0.4, -0.2) is 51.8 Å². The zero-order valence-corrected chi connectivity index (χ0v) is 18.6. The first kappa shape index (κ1) is 22.7. The van der Waals surface area contributed by atoms with Crippen molar-refractivity contribution in [2.24, 2.45) is 0 Å². The van der Waals surface area contributed by atoms with E-state index in [-0.39, 0.29) is 40.1 Å². The Morgan fingerprint density at radius 2 is 1.94 bits per heavy atom. The molecule has 0 saturated carbocycles. The summed E-state index contributed by atoms with van der Waals surface area (Å²) in [6.07, 6.45) is -1.32. The summed E-state index contributed by atoms with van der Waals surface area (Å²) in [7, 11) is 2.93. The predicted octanol–water partition coefficient (Wildman–Crippen LogP) is 4.16. The van der Waals surface area contributed by atoms with Crippen LogP contribution in [-0.2, 0) is 11.0 Å². The van der Waals surface area contributed by atoms with Crippen LogP contribution < -0.4 is 9.47 Å². The molecule has 1 unspecified atom stereocenters. The van der Waals surface area contributed by atoms with Gasteiger partial charge in [0.2, 0.25) is 6.79 Å². The molecule has 0 aliphatic carbocycles. The van der Waals surface area contributed by atoms with E-state index in [1.807, 2.05) is 0 Å². The number of alkyl halides is 3. The molecule has 4 aromatic rings. The van der Waals surface area contributed by atoms with Crippen LogP contribution in [0.25, 0.3) is 33.3 Å². The standard InChI is InChI=1S/C24H19F3N4O4/c1-31(2)23(33)20(32)13-6-12(7-28-8-13)15-9-29-22-18(19(15)24(25,26)27)16(10-30-22)14-4-3-5-17-21(14)35-11-34-17/h3-10,20,32H,11H2,1-2H3,(H,29,30). The van der Waals surface area contributed by atoms with Gasteiger partial charge in [-0.25, -0.2) is 4.98 Å². The van der Waals surface area contributed by atoms with Gasteiger partial charge in [0.05, 0.1) is 5.56 Å². The fraction of sp³-hybridized carbons (Fsp3) is 0.208. The Morgan fingerprint density at radius 3 is 2.69 bits per heavy atom. The zero-order chi connectivity index (χ0) is 24.9. The summed E-state index contributed by atoms with van der Waals surface area (Å²) in [6, 6.07) is 6.30.